The van der Waals surface area contributed by atoms with E-state index in [0.717, 1.165) is 35.9 Å². The van der Waals surface area contributed by atoms with Crippen molar-refractivity contribution in [1.29, 1.82) is 0 Å². The lowest BCUT2D eigenvalue weighted by atomic mass is 9.80. The zero-order chi connectivity index (χ0) is 30.7. The molecule has 0 bridgehead atoms. The summed E-state index contributed by atoms with van der Waals surface area (Å²) in [4.78, 5) is 29.3. The van der Waals surface area contributed by atoms with Gasteiger partial charge in [0.15, 0.2) is 0 Å². The van der Waals surface area contributed by atoms with E-state index in [1.165, 1.54) is 13.2 Å². The molecule has 5 rings (SSSR count). The SMILES string of the molecule is CCCn1cc(C(CC2CCN(CC)C2=O)c2cccc(OC)c2C(=O)NS(=O)(=O)c2ccccc2C)c2ccccc21. The zero-order valence-electron chi connectivity index (χ0n) is 25.2. The maximum Gasteiger partial charge on any atom is 0.269 e. The fraction of sp³-hybridized carbons (Fsp3) is 0.353. The third-order valence-corrected chi connectivity index (χ3v) is 9.95. The van der Waals surface area contributed by atoms with Crippen LogP contribution >= 0.6 is 0 Å². The van der Waals surface area contributed by atoms with E-state index < -0.39 is 15.9 Å². The van der Waals surface area contributed by atoms with Crippen molar-refractivity contribution >= 4 is 32.7 Å². The summed E-state index contributed by atoms with van der Waals surface area (Å²) in [6, 6.07) is 20.0. The number of benzene rings is 3. The maximum atomic E-state index is 14.0. The van der Waals surface area contributed by atoms with Crippen LogP contribution in [-0.2, 0) is 21.4 Å². The molecular weight excluding hydrogens is 562 g/mol. The third kappa shape index (κ3) is 5.91. The quantitative estimate of drug-likeness (QED) is 0.232. The summed E-state index contributed by atoms with van der Waals surface area (Å²) < 4.78 is 37.0. The van der Waals surface area contributed by atoms with Gasteiger partial charge in [-0.15, -0.1) is 0 Å². The minimum Gasteiger partial charge on any atom is -0.496 e. The fourth-order valence-electron chi connectivity index (χ4n) is 6.36. The molecule has 2 amide bonds. The van der Waals surface area contributed by atoms with Gasteiger partial charge in [0.2, 0.25) is 5.91 Å². The van der Waals surface area contributed by atoms with Gasteiger partial charge in [-0.2, -0.15) is 0 Å². The lowest BCUT2D eigenvalue weighted by molar-refractivity contribution is -0.131. The van der Waals surface area contributed by atoms with Crippen molar-refractivity contribution in [2.45, 2.75) is 57.4 Å². The van der Waals surface area contributed by atoms with Gasteiger partial charge in [0.05, 0.1) is 17.6 Å². The molecule has 3 aromatic carbocycles. The number of sulfonamides is 1. The molecule has 0 saturated carbocycles. The van der Waals surface area contributed by atoms with Gasteiger partial charge in [-0.3, -0.25) is 9.59 Å². The average molecular weight is 602 g/mol. The van der Waals surface area contributed by atoms with E-state index in [1.54, 1.807) is 31.2 Å². The summed E-state index contributed by atoms with van der Waals surface area (Å²) in [6.45, 7) is 7.97. The van der Waals surface area contributed by atoms with Crippen molar-refractivity contribution < 1.29 is 22.7 Å². The second-order valence-electron chi connectivity index (χ2n) is 11.1. The summed E-state index contributed by atoms with van der Waals surface area (Å²) in [7, 11) is -2.70. The average Bonchev–Trinajstić information content (AvgIpc) is 3.54. The van der Waals surface area contributed by atoms with E-state index >= 15 is 0 Å². The fourth-order valence-corrected chi connectivity index (χ4v) is 7.56. The Hall–Kier alpha value is -4.11. The Morgan fingerprint density at radius 2 is 1.77 bits per heavy atom. The van der Waals surface area contributed by atoms with Crippen LogP contribution < -0.4 is 9.46 Å². The number of likely N-dealkylation sites (tertiary alicyclic amines) is 1. The number of hydrogen-bond donors (Lipinski definition) is 1. The van der Waals surface area contributed by atoms with Gasteiger partial charge in [-0.25, -0.2) is 13.1 Å². The first kappa shape index (κ1) is 30.4. The Labute approximate surface area is 253 Å². The van der Waals surface area contributed by atoms with Gasteiger partial charge in [0.1, 0.15) is 5.75 Å². The molecule has 1 N–H and O–H groups in total. The van der Waals surface area contributed by atoms with Crippen LogP contribution in [0.25, 0.3) is 10.9 Å². The Morgan fingerprint density at radius 1 is 1.02 bits per heavy atom. The predicted octanol–water partition coefficient (Wildman–Crippen LogP) is 5.88. The Balaban J connectivity index is 1.66. The van der Waals surface area contributed by atoms with E-state index in [-0.39, 0.29) is 34.0 Å². The highest BCUT2D eigenvalue weighted by molar-refractivity contribution is 7.90. The van der Waals surface area contributed by atoms with Gasteiger partial charge in [-0.05, 0) is 68.0 Å². The molecule has 0 spiro atoms. The largest absolute Gasteiger partial charge is 0.496 e. The molecule has 2 heterocycles. The molecule has 4 aromatic rings. The van der Waals surface area contributed by atoms with Crippen LogP contribution in [0, 0.1) is 12.8 Å². The first-order valence-electron chi connectivity index (χ1n) is 14.9. The van der Waals surface area contributed by atoms with E-state index in [0.29, 0.717) is 30.6 Å². The van der Waals surface area contributed by atoms with Crippen LogP contribution in [0.15, 0.2) is 77.8 Å². The number of carbonyl (C=O) groups excluding carboxylic acids is 2. The van der Waals surface area contributed by atoms with Crippen molar-refractivity contribution in [3.8, 4) is 5.75 Å². The molecule has 1 aliphatic rings. The number of rotatable bonds is 11. The summed E-state index contributed by atoms with van der Waals surface area (Å²) >= 11 is 0. The summed E-state index contributed by atoms with van der Waals surface area (Å²) in [5, 5.41) is 1.04. The molecule has 1 aliphatic heterocycles. The first-order valence-corrected chi connectivity index (χ1v) is 16.3. The molecule has 43 heavy (non-hydrogen) atoms. The van der Waals surface area contributed by atoms with Gasteiger partial charge < -0.3 is 14.2 Å². The maximum absolute atomic E-state index is 14.0. The number of nitrogens with zero attached hydrogens (tertiary/aromatic N) is 2. The van der Waals surface area contributed by atoms with E-state index in [9.17, 15) is 18.0 Å². The number of fused-ring (bicyclic) bond motifs is 1. The van der Waals surface area contributed by atoms with Crippen LogP contribution in [-0.4, -0.2) is 49.9 Å². The monoisotopic (exact) mass is 601 g/mol. The zero-order valence-corrected chi connectivity index (χ0v) is 26.0. The number of aromatic nitrogens is 1. The van der Waals surface area contributed by atoms with Crippen LogP contribution in [0.1, 0.15) is 66.1 Å². The number of hydrogen-bond acceptors (Lipinski definition) is 5. The number of para-hydroxylation sites is 1. The Morgan fingerprint density at radius 3 is 2.47 bits per heavy atom. The predicted molar refractivity (Wildman–Crippen MR) is 168 cm³/mol. The molecule has 1 fully saturated rings. The second-order valence-corrected chi connectivity index (χ2v) is 12.8. The molecule has 0 radical (unpaired) electrons. The molecular formula is C34H39N3O5S. The number of amides is 2. The highest BCUT2D eigenvalue weighted by Gasteiger charge is 2.36. The normalized spacial score (nSPS) is 16.0. The smallest absolute Gasteiger partial charge is 0.269 e. The topological polar surface area (TPSA) is 97.7 Å². The van der Waals surface area contributed by atoms with Crippen molar-refractivity contribution in [2.24, 2.45) is 5.92 Å². The number of ether oxygens (including phenoxy) is 1. The molecule has 1 saturated heterocycles. The van der Waals surface area contributed by atoms with Gasteiger partial charge in [0, 0.05) is 48.6 Å². The standard InChI is InChI=1S/C34H39N3O5S/c1-5-19-37-22-28(25-13-8-9-15-29(25)37)27(21-24-18-20-36(6-2)34(24)39)26-14-11-16-30(42-4)32(26)33(38)35-43(40,41)31-17-10-7-12-23(31)3/h7-17,22,24,27H,5-6,18-21H2,1-4H3,(H,35,38). The molecule has 0 aliphatic carbocycles. The third-order valence-electron chi connectivity index (χ3n) is 8.46. The van der Waals surface area contributed by atoms with Crippen molar-refractivity contribution in [1.82, 2.24) is 14.2 Å². The van der Waals surface area contributed by atoms with Crippen molar-refractivity contribution in [2.75, 3.05) is 20.2 Å². The van der Waals surface area contributed by atoms with E-state index in [4.69, 9.17) is 4.74 Å². The van der Waals surface area contributed by atoms with Crippen LogP contribution in [0.5, 0.6) is 5.75 Å². The number of aryl methyl sites for hydroxylation is 2. The Bertz CT molecular complexity index is 1760. The van der Waals surface area contributed by atoms with Crippen LogP contribution in [0.4, 0.5) is 0 Å². The summed E-state index contributed by atoms with van der Waals surface area (Å²) in [5.74, 6) is -0.987. The van der Waals surface area contributed by atoms with Gasteiger partial charge in [-0.1, -0.05) is 55.5 Å². The number of carbonyl (C=O) groups is 2. The summed E-state index contributed by atoms with van der Waals surface area (Å²) in [6.07, 6.45) is 4.28. The van der Waals surface area contributed by atoms with Crippen molar-refractivity contribution in [3.05, 3.63) is 95.2 Å². The van der Waals surface area contributed by atoms with Gasteiger partial charge in [0.25, 0.3) is 15.9 Å². The number of methoxy groups -OCH3 is 1. The minimum absolute atomic E-state index is 0.0372. The molecule has 1 aromatic heterocycles. The van der Waals surface area contributed by atoms with E-state index in [1.807, 2.05) is 36.1 Å². The molecule has 8 nitrogen and oxygen atoms in total. The number of nitrogens with one attached hydrogen (secondary N) is 1. The van der Waals surface area contributed by atoms with Gasteiger partial charge >= 0.3 is 0 Å². The first-order chi connectivity index (χ1) is 20.7. The molecule has 2 unspecified atom stereocenters. The van der Waals surface area contributed by atoms with E-state index in [2.05, 4.69) is 34.5 Å². The van der Waals surface area contributed by atoms with Crippen LogP contribution in [0.2, 0.25) is 0 Å². The highest BCUT2D eigenvalue weighted by Crippen LogP contribution is 2.42. The lowest BCUT2D eigenvalue weighted by Crippen LogP contribution is -2.32. The summed E-state index contributed by atoms with van der Waals surface area (Å²) in [5.41, 5.74) is 3.38. The lowest BCUT2D eigenvalue weighted by Gasteiger charge is -2.24. The van der Waals surface area contributed by atoms with Crippen LogP contribution in [0.3, 0.4) is 0 Å². The second kappa shape index (κ2) is 12.6. The highest BCUT2D eigenvalue weighted by atomic mass is 32.2. The van der Waals surface area contributed by atoms with Crippen molar-refractivity contribution in [3.63, 3.8) is 0 Å². The molecule has 2 atom stereocenters. The molecule has 9 heteroatoms. The Kier molecular flexibility index (Phi) is 8.92. The molecule has 226 valence electrons. The minimum atomic E-state index is -4.17.